The third kappa shape index (κ3) is 4.93. The normalized spacial score (nSPS) is 18.9. The summed E-state index contributed by atoms with van der Waals surface area (Å²) in [4.78, 5) is 33.8. The molecule has 0 spiro atoms. The van der Waals surface area contributed by atoms with Crippen LogP contribution >= 0.6 is 0 Å². The minimum atomic E-state index is -1.09. The number of ketones is 1. The number of benzene rings is 1. The van der Waals surface area contributed by atoms with Gasteiger partial charge in [0.25, 0.3) is 0 Å². The molecule has 2 atom stereocenters. The van der Waals surface area contributed by atoms with Crippen LogP contribution in [0.3, 0.4) is 0 Å². The third-order valence-electron chi connectivity index (χ3n) is 6.16. The lowest BCUT2D eigenvalue weighted by atomic mass is 9.92. The first-order valence-electron chi connectivity index (χ1n) is 11.1. The quantitative estimate of drug-likeness (QED) is 0.453. The van der Waals surface area contributed by atoms with Gasteiger partial charge in [0.15, 0.2) is 28.9 Å². The fraction of sp³-hybridized carbons (Fsp3) is 0.360. The highest BCUT2D eigenvalue weighted by molar-refractivity contribution is 6.13. The van der Waals surface area contributed by atoms with E-state index in [4.69, 9.17) is 14.2 Å². The Balaban J connectivity index is 1.57. The summed E-state index contributed by atoms with van der Waals surface area (Å²) in [5.74, 6) is -3.36. The summed E-state index contributed by atoms with van der Waals surface area (Å²) >= 11 is 0. The van der Waals surface area contributed by atoms with E-state index in [0.717, 1.165) is 6.07 Å². The molecule has 184 valence electrons. The fourth-order valence-electron chi connectivity index (χ4n) is 4.29. The first kappa shape index (κ1) is 24.5. The molecule has 0 bridgehead atoms. The van der Waals surface area contributed by atoms with E-state index in [1.54, 1.807) is 6.20 Å². The molecular formula is C25H25F2N3O5. The number of fused-ring (bicyclic) bond motifs is 1. The van der Waals surface area contributed by atoms with Gasteiger partial charge in [-0.3, -0.25) is 9.59 Å². The minimum Gasteiger partial charge on any atom is -0.494 e. The number of methoxy groups -OCH3 is 2. The smallest absolute Gasteiger partial charge is 0.243 e. The molecule has 1 amide bonds. The highest BCUT2D eigenvalue weighted by Crippen LogP contribution is 2.35. The molecule has 8 nitrogen and oxygen atoms in total. The first-order valence-corrected chi connectivity index (χ1v) is 11.1. The Morgan fingerprint density at radius 3 is 2.63 bits per heavy atom. The fourth-order valence-corrected chi connectivity index (χ4v) is 4.29. The number of Topliss-reactive ketones (excluding diaryl/α,β-unsaturated/α-hetero) is 1. The van der Waals surface area contributed by atoms with Gasteiger partial charge in [0.2, 0.25) is 5.91 Å². The van der Waals surface area contributed by atoms with Crippen LogP contribution in [0.15, 0.2) is 30.5 Å². The van der Waals surface area contributed by atoms with Crippen molar-refractivity contribution in [2.75, 3.05) is 27.4 Å². The van der Waals surface area contributed by atoms with E-state index in [2.05, 4.69) is 21.9 Å². The van der Waals surface area contributed by atoms with Crippen molar-refractivity contribution in [1.82, 2.24) is 15.3 Å². The van der Waals surface area contributed by atoms with Crippen LogP contribution in [-0.4, -0.2) is 55.1 Å². The standard InChI is InChI=1S/C25H25F2N3O5/c1-4-21(31)30-16-5-6-35-12-15(16)9-20-28-11-14-7-13(8-17(14)29-20)25(32)22-23(26)18(33-2)10-19(34-3)24(22)27/h4,8,10-11,15-16H,1,5-7,9,12H2,2-3H3,(H,30,31). The van der Waals surface area contributed by atoms with Crippen molar-refractivity contribution >= 4 is 17.8 Å². The molecule has 4 rings (SSSR count). The van der Waals surface area contributed by atoms with E-state index in [-0.39, 0.29) is 41.4 Å². The van der Waals surface area contributed by atoms with E-state index in [1.807, 2.05) is 0 Å². The van der Waals surface area contributed by atoms with Gasteiger partial charge < -0.3 is 19.5 Å². The molecule has 2 unspecified atom stereocenters. The Morgan fingerprint density at radius 1 is 1.26 bits per heavy atom. The van der Waals surface area contributed by atoms with Crippen LogP contribution < -0.4 is 14.8 Å². The number of amides is 1. The number of allylic oxidation sites excluding steroid dienone is 1. The van der Waals surface area contributed by atoms with Crippen molar-refractivity contribution in [2.45, 2.75) is 25.3 Å². The van der Waals surface area contributed by atoms with E-state index in [9.17, 15) is 18.4 Å². The molecule has 10 heteroatoms. The Hall–Kier alpha value is -3.66. The van der Waals surface area contributed by atoms with Gasteiger partial charge in [0.05, 0.1) is 26.5 Å². The number of aromatic nitrogens is 2. The molecule has 1 aromatic carbocycles. The number of halogens is 2. The summed E-state index contributed by atoms with van der Waals surface area (Å²) in [6.45, 7) is 4.47. The maximum absolute atomic E-state index is 14.8. The van der Waals surface area contributed by atoms with Crippen molar-refractivity contribution < 1.29 is 32.6 Å². The summed E-state index contributed by atoms with van der Waals surface area (Å²) in [6.07, 6.45) is 5.59. The minimum absolute atomic E-state index is 0.0374. The zero-order chi connectivity index (χ0) is 25.1. The van der Waals surface area contributed by atoms with Crippen molar-refractivity contribution in [2.24, 2.45) is 5.92 Å². The van der Waals surface area contributed by atoms with Crippen LogP contribution in [0.1, 0.15) is 33.9 Å². The van der Waals surface area contributed by atoms with E-state index in [1.165, 1.54) is 26.4 Å². The van der Waals surface area contributed by atoms with Crippen molar-refractivity contribution in [3.63, 3.8) is 0 Å². The number of ether oxygens (including phenoxy) is 3. The number of nitrogens with zero attached hydrogens (tertiary/aromatic N) is 2. The highest BCUT2D eigenvalue weighted by atomic mass is 19.1. The van der Waals surface area contributed by atoms with Crippen molar-refractivity contribution in [3.8, 4) is 11.5 Å². The van der Waals surface area contributed by atoms with Crippen LogP contribution in [0.2, 0.25) is 0 Å². The largest absolute Gasteiger partial charge is 0.494 e. The van der Waals surface area contributed by atoms with Crippen LogP contribution in [-0.2, 0) is 22.4 Å². The lowest BCUT2D eigenvalue weighted by molar-refractivity contribution is -0.118. The second-order valence-corrected chi connectivity index (χ2v) is 8.30. The highest BCUT2D eigenvalue weighted by Gasteiger charge is 2.31. The summed E-state index contributed by atoms with van der Waals surface area (Å²) in [5, 5.41) is 2.92. The lowest BCUT2D eigenvalue weighted by Gasteiger charge is -2.31. The maximum Gasteiger partial charge on any atom is 0.243 e. The summed E-state index contributed by atoms with van der Waals surface area (Å²) in [5.41, 5.74) is 0.617. The average molecular weight is 485 g/mol. The Labute approximate surface area is 201 Å². The number of rotatable bonds is 8. The molecule has 0 saturated carbocycles. The Bertz CT molecular complexity index is 1190. The molecule has 2 aromatic rings. The van der Waals surface area contributed by atoms with Gasteiger partial charge in [-0.05, 0) is 18.6 Å². The maximum atomic E-state index is 14.8. The predicted molar refractivity (Wildman–Crippen MR) is 122 cm³/mol. The molecule has 1 aliphatic carbocycles. The number of hydrogen-bond donors (Lipinski definition) is 1. The molecule has 1 fully saturated rings. The summed E-state index contributed by atoms with van der Waals surface area (Å²) in [6, 6.07) is 0.948. The second kappa shape index (κ2) is 10.3. The van der Waals surface area contributed by atoms with Gasteiger partial charge in [-0.25, -0.2) is 18.7 Å². The molecule has 1 aliphatic heterocycles. The van der Waals surface area contributed by atoms with Gasteiger partial charge in [-0.2, -0.15) is 0 Å². The van der Waals surface area contributed by atoms with Crippen LogP contribution in [0.25, 0.3) is 6.08 Å². The topological polar surface area (TPSA) is 99.6 Å². The van der Waals surface area contributed by atoms with E-state index in [0.29, 0.717) is 43.1 Å². The van der Waals surface area contributed by atoms with Gasteiger partial charge in [0.1, 0.15) is 11.4 Å². The molecule has 0 radical (unpaired) electrons. The van der Waals surface area contributed by atoms with Crippen LogP contribution in [0, 0.1) is 17.6 Å². The third-order valence-corrected chi connectivity index (χ3v) is 6.16. The predicted octanol–water partition coefficient (Wildman–Crippen LogP) is 2.84. The number of carbonyl (C=O) groups is 2. The summed E-state index contributed by atoms with van der Waals surface area (Å²) < 4.78 is 45.1. The van der Waals surface area contributed by atoms with Gasteiger partial charge in [-0.1, -0.05) is 6.58 Å². The second-order valence-electron chi connectivity index (χ2n) is 8.30. The average Bonchev–Trinajstić information content (AvgIpc) is 3.29. The SMILES string of the molecule is C=CC(=O)NC1CCOCC1Cc1ncc2c(n1)C=C(C(=O)c1c(F)c(OC)cc(OC)c1F)C2. The Kier molecular flexibility index (Phi) is 7.20. The molecule has 2 heterocycles. The number of nitrogens with one attached hydrogen (secondary N) is 1. The van der Waals surface area contributed by atoms with Crippen molar-refractivity contribution in [3.05, 3.63) is 64.8 Å². The Morgan fingerprint density at radius 2 is 1.97 bits per heavy atom. The molecule has 35 heavy (non-hydrogen) atoms. The van der Waals surface area contributed by atoms with E-state index < -0.39 is 23.0 Å². The van der Waals surface area contributed by atoms with Crippen LogP contribution in [0.5, 0.6) is 11.5 Å². The zero-order valence-electron chi connectivity index (χ0n) is 19.4. The molecular weight excluding hydrogens is 460 g/mol. The van der Waals surface area contributed by atoms with Crippen LogP contribution in [0.4, 0.5) is 8.78 Å². The summed E-state index contributed by atoms with van der Waals surface area (Å²) in [7, 11) is 2.44. The lowest BCUT2D eigenvalue weighted by Crippen LogP contribution is -2.46. The van der Waals surface area contributed by atoms with E-state index >= 15 is 0 Å². The first-order chi connectivity index (χ1) is 16.9. The van der Waals surface area contributed by atoms with Gasteiger partial charge in [0, 0.05) is 54.8 Å². The van der Waals surface area contributed by atoms with Crippen molar-refractivity contribution in [1.29, 1.82) is 0 Å². The van der Waals surface area contributed by atoms with Gasteiger partial charge >= 0.3 is 0 Å². The molecule has 1 saturated heterocycles. The number of hydrogen-bond acceptors (Lipinski definition) is 7. The zero-order valence-corrected chi connectivity index (χ0v) is 19.4. The number of carbonyl (C=O) groups excluding carboxylic acids is 2. The molecule has 1 aromatic heterocycles. The molecule has 1 N–H and O–H groups in total. The molecule has 2 aliphatic rings. The monoisotopic (exact) mass is 485 g/mol. The van der Waals surface area contributed by atoms with Gasteiger partial charge in [-0.15, -0.1) is 0 Å².